The van der Waals surface area contributed by atoms with Crippen molar-refractivity contribution < 1.29 is 27.9 Å². The van der Waals surface area contributed by atoms with Crippen molar-refractivity contribution >= 4 is 12.0 Å². The molecule has 0 radical (unpaired) electrons. The number of amides is 2. The van der Waals surface area contributed by atoms with Crippen LogP contribution in [0.4, 0.5) is 18.0 Å². The van der Waals surface area contributed by atoms with Crippen molar-refractivity contribution in [3.05, 3.63) is 35.1 Å². The molecular weight excluding hydrogens is 339 g/mol. The average Bonchev–Trinajstić information content (AvgIpc) is 3.12. The molecule has 25 heavy (non-hydrogen) atoms. The molecule has 2 unspecified atom stereocenters. The van der Waals surface area contributed by atoms with Crippen LogP contribution in [0.2, 0.25) is 0 Å². The van der Waals surface area contributed by atoms with Crippen LogP contribution in [0.15, 0.2) is 12.1 Å². The first kappa shape index (κ1) is 17.5. The molecule has 3 rings (SSSR count). The fourth-order valence-corrected chi connectivity index (χ4v) is 3.62. The maximum atomic E-state index is 13.7. The molecule has 2 saturated heterocycles. The maximum Gasteiger partial charge on any atom is 0.407 e. The van der Waals surface area contributed by atoms with Gasteiger partial charge in [0.15, 0.2) is 11.6 Å². The third kappa shape index (κ3) is 3.41. The summed E-state index contributed by atoms with van der Waals surface area (Å²) in [6.07, 6.45) is -0.567. The molecule has 2 aliphatic heterocycles. The molecule has 2 heterocycles. The molecule has 0 saturated carbocycles. The summed E-state index contributed by atoms with van der Waals surface area (Å²) in [6, 6.07) is 0.0881. The summed E-state index contributed by atoms with van der Waals surface area (Å²) in [5, 5.41) is 9.05. The minimum atomic E-state index is -1.28. The molecule has 1 aromatic rings. The number of piperazine rings is 1. The fraction of sp³-hybridized carbons (Fsp3) is 0.500. The molecule has 3 atom stereocenters. The predicted molar refractivity (Wildman–Crippen MR) is 81.2 cm³/mol. The van der Waals surface area contributed by atoms with Crippen LogP contribution in [0.25, 0.3) is 0 Å². The van der Waals surface area contributed by atoms with Crippen molar-refractivity contribution in [2.45, 2.75) is 37.4 Å². The Hall–Kier alpha value is -2.29. The van der Waals surface area contributed by atoms with Crippen molar-refractivity contribution in [1.29, 1.82) is 0 Å². The quantitative estimate of drug-likeness (QED) is 0.796. The molecule has 3 N–H and O–H groups in total. The van der Waals surface area contributed by atoms with Crippen LogP contribution in [0.3, 0.4) is 0 Å². The summed E-state index contributed by atoms with van der Waals surface area (Å²) in [5.41, 5.74) is 5.79. The Kier molecular flexibility index (Phi) is 4.59. The van der Waals surface area contributed by atoms with Gasteiger partial charge in [0.25, 0.3) is 0 Å². The second kappa shape index (κ2) is 6.55. The summed E-state index contributed by atoms with van der Waals surface area (Å²) >= 11 is 0. The Morgan fingerprint density at radius 3 is 2.32 bits per heavy atom. The zero-order chi connectivity index (χ0) is 18.3. The smallest absolute Gasteiger partial charge is 0.407 e. The van der Waals surface area contributed by atoms with Crippen LogP contribution in [0.1, 0.15) is 18.4 Å². The number of halogens is 3. The molecule has 6 nitrogen and oxygen atoms in total. The van der Waals surface area contributed by atoms with Crippen LogP contribution in [0.5, 0.6) is 0 Å². The number of benzene rings is 1. The minimum absolute atomic E-state index is 0.0747. The summed E-state index contributed by atoms with van der Waals surface area (Å²) in [6.45, 7) is 0.598. The minimum Gasteiger partial charge on any atom is -0.465 e. The van der Waals surface area contributed by atoms with Crippen LogP contribution < -0.4 is 5.73 Å². The first-order valence-corrected chi connectivity index (χ1v) is 7.94. The van der Waals surface area contributed by atoms with Crippen molar-refractivity contribution in [2.24, 2.45) is 5.73 Å². The van der Waals surface area contributed by atoms with Crippen LogP contribution in [0, 0.1) is 17.5 Å². The van der Waals surface area contributed by atoms with E-state index >= 15 is 0 Å². The summed E-state index contributed by atoms with van der Waals surface area (Å²) < 4.78 is 39.8. The van der Waals surface area contributed by atoms with Crippen LogP contribution in [-0.4, -0.2) is 58.1 Å². The van der Waals surface area contributed by atoms with E-state index in [4.69, 9.17) is 10.8 Å². The third-order valence-corrected chi connectivity index (χ3v) is 4.81. The Morgan fingerprint density at radius 1 is 1.12 bits per heavy atom. The largest absolute Gasteiger partial charge is 0.465 e. The number of nitrogens with two attached hydrogens (primary N) is 1. The van der Waals surface area contributed by atoms with Gasteiger partial charge in [-0.1, -0.05) is 0 Å². The molecule has 2 amide bonds. The lowest BCUT2D eigenvalue weighted by Crippen LogP contribution is -2.51. The van der Waals surface area contributed by atoms with Gasteiger partial charge < -0.3 is 20.6 Å². The van der Waals surface area contributed by atoms with E-state index in [1.807, 2.05) is 0 Å². The van der Waals surface area contributed by atoms with Crippen molar-refractivity contribution in [2.75, 3.05) is 13.1 Å². The van der Waals surface area contributed by atoms with Gasteiger partial charge in [-0.05, 0) is 24.5 Å². The summed E-state index contributed by atoms with van der Waals surface area (Å²) in [4.78, 5) is 26.3. The first-order chi connectivity index (χ1) is 11.8. The Bertz CT molecular complexity index is 715. The second-order valence-electron chi connectivity index (χ2n) is 6.55. The molecule has 0 aliphatic carbocycles. The van der Waals surface area contributed by atoms with Gasteiger partial charge in [-0.2, -0.15) is 0 Å². The highest BCUT2D eigenvalue weighted by Gasteiger charge is 2.47. The van der Waals surface area contributed by atoms with Crippen molar-refractivity contribution in [3.8, 4) is 0 Å². The molecule has 2 bridgehead atoms. The highest BCUT2D eigenvalue weighted by atomic mass is 19.2. The van der Waals surface area contributed by atoms with E-state index in [9.17, 15) is 22.8 Å². The van der Waals surface area contributed by atoms with Gasteiger partial charge in [-0.15, -0.1) is 0 Å². The monoisotopic (exact) mass is 357 g/mol. The highest BCUT2D eigenvalue weighted by Crippen LogP contribution is 2.31. The number of carbonyl (C=O) groups excluding carboxylic acids is 1. The fourth-order valence-electron chi connectivity index (χ4n) is 3.62. The normalized spacial score (nSPS) is 23.2. The average molecular weight is 357 g/mol. The standard InChI is InChI=1S/C16H18F3N3O3/c17-12-5-14(19)13(18)2-8(12)1-9(20)3-15(23)21-6-11-4-10(21)7-22(11)16(24)25/h2,5,9-11H,1,3-4,6-7,20H2,(H,24,25)/t9-,10?,11?/m1/s1. The zero-order valence-electron chi connectivity index (χ0n) is 13.3. The van der Waals surface area contributed by atoms with E-state index in [2.05, 4.69) is 0 Å². The molecular formula is C16H18F3N3O3. The van der Waals surface area contributed by atoms with Crippen molar-refractivity contribution in [3.63, 3.8) is 0 Å². The van der Waals surface area contributed by atoms with E-state index in [1.54, 1.807) is 4.90 Å². The lowest BCUT2D eigenvalue weighted by atomic mass is 10.0. The van der Waals surface area contributed by atoms with E-state index in [-0.39, 0.29) is 42.9 Å². The van der Waals surface area contributed by atoms with Gasteiger partial charge in [0.1, 0.15) is 5.82 Å². The van der Waals surface area contributed by atoms with Gasteiger partial charge in [-0.3, -0.25) is 4.79 Å². The van der Waals surface area contributed by atoms with E-state index in [1.165, 1.54) is 4.90 Å². The van der Waals surface area contributed by atoms with Crippen LogP contribution >= 0.6 is 0 Å². The van der Waals surface area contributed by atoms with Gasteiger partial charge in [0.05, 0.1) is 12.1 Å². The van der Waals surface area contributed by atoms with Crippen molar-refractivity contribution in [1.82, 2.24) is 9.80 Å². The van der Waals surface area contributed by atoms with Gasteiger partial charge >= 0.3 is 6.09 Å². The number of carboxylic acid groups (broad SMARTS) is 1. The van der Waals surface area contributed by atoms with E-state index < -0.39 is 29.6 Å². The number of fused-ring (bicyclic) bond motifs is 2. The Morgan fingerprint density at radius 2 is 1.72 bits per heavy atom. The number of nitrogens with zero attached hydrogens (tertiary/aromatic N) is 2. The van der Waals surface area contributed by atoms with E-state index in [0.717, 1.165) is 6.07 Å². The topological polar surface area (TPSA) is 86.9 Å². The van der Waals surface area contributed by atoms with Gasteiger partial charge in [0, 0.05) is 31.6 Å². The molecule has 2 aliphatic rings. The Balaban J connectivity index is 1.57. The third-order valence-electron chi connectivity index (χ3n) is 4.81. The molecule has 1 aromatic carbocycles. The molecule has 2 fully saturated rings. The maximum absolute atomic E-state index is 13.7. The zero-order valence-corrected chi connectivity index (χ0v) is 13.3. The van der Waals surface area contributed by atoms with E-state index in [0.29, 0.717) is 19.0 Å². The summed E-state index contributed by atoms with van der Waals surface area (Å²) in [7, 11) is 0. The molecule has 136 valence electrons. The number of likely N-dealkylation sites (tertiary alicyclic amines) is 2. The number of carbonyl (C=O) groups is 2. The van der Waals surface area contributed by atoms with Crippen LogP contribution in [-0.2, 0) is 11.2 Å². The lowest BCUT2D eigenvalue weighted by molar-refractivity contribution is -0.133. The lowest BCUT2D eigenvalue weighted by Gasteiger charge is -2.33. The summed E-state index contributed by atoms with van der Waals surface area (Å²) in [5.74, 6) is -3.59. The molecule has 9 heteroatoms. The number of hydrogen-bond acceptors (Lipinski definition) is 3. The molecule has 0 spiro atoms. The number of rotatable bonds is 4. The predicted octanol–water partition coefficient (Wildman–Crippen LogP) is 1.33. The molecule has 0 aromatic heterocycles. The first-order valence-electron chi connectivity index (χ1n) is 7.94. The SMILES string of the molecule is N[C@@H](CC(=O)N1CC2CC1CN2C(=O)O)Cc1cc(F)c(F)cc1F. The number of hydrogen-bond donors (Lipinski definition) is 2. The Labute approximate surface area is 142 Å². The van der Waals surface area contributed by atoms with Gasteiger partial charge in [-0.25, -0.2) is 18.0 Å². The second-order valence-corrected chi connectivity index (χ2v) is 6.55. The highest BCUT2D eigenvalue weighted by molar-refractivity contribution is 5.78. The van der Waals surface area contributed by atoms with Gasteiger partial charge in [0.2, 0.25) is 5.91 Å².